The number of halogens is 3. The van der Waals surface area contributed by atoms with Gasteiger partial charge in [0.15, 0.2) is 24.7 Å². The van der Waals surface area contributed by atoms with Gasteiger partial charge in [-0.15, -0.1) is 0 Å². The number of para-hydroxylation sites is 2. The molecule has 1 fully saturated rings. The molecule has 0 bridgehead atoms. The average molecular weight is 452 g/mol. The lowest BCUT2D eigenvalue weighted by molar-refractivity contribution is -0.153. The highest BCUT2D eigenvalue weighted by Gasteiger charge is 2.31. The third-order valence-corrected chi connectivity index (χ3v) is 4.94. The second-order valence-electron chi connectivity index (χ2n) is 7.02. The fourth-order valence-electron chi connectivity index (χ4n) is 3.24. The minimum absolute atomic E-state index is 0.310. The van der Waals surface area contributed by atoms with E-state index in [0.29, 0.717) is 43.4 Å². The van der Waals surface area contributed by atoms with Crippen LogP contribution in [0, 0.1) is 0 Å². The molecule has 0 spiro atoms. The zero-order valence-corrected chi connectivity index (χ0v) is 17.4. The largest absolute Gasteiger partial charge is 0.493 e. The molecule has 1 amide bonds. The van der Waals surface area contributed by atoms with Crippen molar-refractivity contribution >= 4 is 17.6 Å². The molecule has 172 valence electrons. The number of esters is 1. The van der Waals surface area contributed by atoms with E-state index in [4.69, 9.17) is 14.2 Å². The van der Waals surface area contributed by atoms with Gasteiger partial charge in [0.25, 0.3) is 5.91 Å². The maximum Gasteiger partial charge on any atom is 0.416 e. The first-order valence-corrected chi connectivity index (χ1v) is 9.89. The van der Waals surface area contributed by atoms with Gasteiger partial charge in [-0.05, 0) is 30.3 Å². The Bertz CT molecular complexity index is 943. The van der Waals surface area contributed by atoms with Gasteiger partial charge in [-0.2, -0.15) is 13.2 Å². The minimum Gasteiger partial charge on any atom is -0.493 e. The molecular formula is C22H23F3N2O5. The molecule has 1 heterocycles. The summed E-state index contributed by atoms with van der Waals surface area (Å²) in [5, 5.41) is 0. The average Bonchev–Trinajstić information content (AvgIpc) is 2.81. The fourth-order valence-corrected chi connectivity index (χ4v) is 3.24. The number of amides is 1. The predicted octanol–water partition coefficient (Wildman–Crippen LogP) is 2.98. The van der Waals surface area contributed by atoms with Crippen molar-refractivity contribution in [3.63, 3.8) is 0 Å². The SMILES string of the molecule is COc1ccccc1OCC(=O)OCC(=O)N1CCN(c2cccc(C(F)(F)F)c2)CC1. The lowest BCUT2D eigenvalue weighted by Gasteiger charge is -2.36. The Balaban J connectivity index is 1.43. The van der Waals surface area contributed by atoms with E-state index in [9.17, 15) is 22.8 Å². The molecule has 2 aromatic carbocycles. The summed E-state index contributed by atoms with van der Waals surface area (Å²) in [7, 11) is 1.48. The zero-order valence-electron chi connectivity index (χ0n) is 17.4. The highest BCUT2D eigenvalue weighted by atomic mass is 19.4. The van der Waals surface area contributed by atoms with Crippen molar-refractivity contribution in [1.29, 1.82) is 0 Å². The third-order valence-electron chi connectivity index (χ3n) is 4.94. The standard InChI is InChI=1S/C22H23F3N2O5/c1-30-18-7-2-3-8-19(18)31-15-21(29)32-14-20(28)27-11-9-26(10-12-27)17-6-4-5-16(13-17)22(23,24)25/h2-8,13H,9-12,14-15H2,1H3. The van der Waals surface area contributed by atoms with Gasteiger partial charge in [0, 0.05) is 31.9 Å². The van der Waals surface area contributed by atoms with E-state index >= 15 is 0 Å². The number of ether oxygens (including phenoxy) is 3. The van der Waals surface area contributed by atoms with E-state index < -0.39 is 24.3 Å². The van der Waals surface area contributed by atoms with Crippen LogP contribution in [0.3, 0.4) is 0 Å². The molecule has 10 heteroatoms. The molecule has 1 aliphatic heterocycles. The molecule has 0 aromatic heterocycles. The molecule has 3 rings (SSSR count). The van der Waals surface area contributed by atoms with Gasteiger partial charge in [0.05, 0.1) is 12.7 Å². The first-order chi connectivity index (χ1) is 15.3. The Morgan fingerprint density at radius 1 is 0.938 bits per heavy atom. The summed E-state index contributed by atoms with van der Waals surface area (Å²) in [4.78, 5) is 27.5. The summed E-state index contributed by atoms with van der Waals surface area (Å²) in [6, 6.07) is 11.9. The number of methoxy groups -OCH3 is 1. The lowest BCUT2D eigenvalue weighted by atomic mass is 10.1. The van der Waals surface area contributed by atoms with Gasteiger partial charge in [-0.25, -0.2) is 4.79 Å². The number of anilines is 1. The van der Waals surface area contributed by atoms with Crippen LogP contribution in [0.1, 0.15) is 5.56 Å². The highest BCUT2D eigenvalue weighted by Crippen LogP contribution is 2.32. The monoisotopic (exact) mass is 452 g/mol. The van der Waals surface area contributed by atoms with Crippen molar-refractivity contribution in [2.24, 2.45) is 0 Å². The molecular weight excluding hydrogens is 429 g/mol. The normalized spacial score (nSPS) is 14.1. The molecule has 1 saturated heterocycles. The van der Waals surface area contributed by atoms with Crippen LogP contribution < -0.4 is 14.4 Å². The summed E-state index contributed by atoms with van der Waals surface area (Å²) in [5.41, 5.74) is -0.261. The van der Waals surface area contributed by atoms with Crippen LogP contribution >= 0.6 is 0 Å². The van der Waals surface area contributed by atoms with Crippen LogP contribution in [0.25, 0.3) is 0 Å². The van der Waals surface area contributed by atoms with Crippen molar-refractivity contribution in [3.05, 3.63) is 54.1 Å². The molecule has 0 unspecified atom stereocenters. The van der Waals surface area contributed by atoms with Crippen LogP contribution in [0.4, 0.5) is 18.9 Å². The van der Waals surface area contributed by atoms with E-state index in [0.717, 1.165) is 12.1 Å². The molecule has 2 aromatic rings. The predicted molar refractivity (Wildman–Crippen MR) is 110 cm³/mol. The number of hydrogen-bond donors (Lipinski definition) is 0. The summed E-state index contributed by atoms with van der Waals surface area (Å²) in [6.07, 6.45) is -4.41. The summed E-state index contributed by atoms with van der Waals surface area (Å²) >= 11 is 0. The molecule has 1 aliphatic rings. The van der Waals surface area contributed by atoms with Crippen molar-refractivity contribution < 1.29 is 37.0 Å². The number of alkyl halides is 3. The Morgan fingerprint density at radius 3 is 2.28 bits per heavy atom. The zero-order chi connectivity index (χ0) is 23.1. The number of hydrogen-bond acceptors (Lipinski definition) is 6. The van der Waals surface area contributed by atoms with Crippen LogP contribution in [0.5, 0.6) is 11.5 Å². The molecule has 0 aliphatic carbocycles. The minimum atomic E-state index is -4.41. The number of carbonyl (C=O) groups is 2. The van der Waals surface area contributed by atoms with Crippen molar-refractivity contribution in [2.45, 2.75) is 6.18 Å². The van der Waals surface area contributed by atoms with Gasteiger partial charge in [-0.3, -0.25) is 4.79 Å². The van der Waals surface area contributed by atoms with Gasteiger partial charge in [-0.1, -0.05) is 18.2 Å². The summed E-state index contributed by atoms with van der Waals surface area (Å²) in [6.45, 7) is 0.555. The number of rotatable bonds is 7. The Morgan fingerprint density at radius 2 is 1.62 bits per heavy atom. The Labute approximate surface area is 183 Å². The summed E-state index contributed by atoms with van der Waals surface area (Å²) < 4.78 is 54.2. The number of carbonyl (C=O) groups excluding carboxylic acids is 2. The molecule has 0 saturated carbocycles. The van der Waals surface area contributed by atoms with Gasteiger partial charge >= 0.3 is 12.1 Å². The first kappa shape index (κ1) is 23.2. The molecule has 32 heavy (non-hydrogen) atoms. The first-order valence-electron chi connectivity index (χ1n) is 9.89. The smallest absolute Gasteiger partial charge is 0.416 e. The highest BCUT2D eigenvalue weighted by molar-refractivity contribution is 5.81. The molecule has 0 radical (unpaired) electrons. The molecule has 0 atom stereocenters. The molecule has 7 nitrogen and oxygen atoms in total. The van der Waals surface area contributed by atoms with E-state index in [-0.39, 0.29) is 12.5 Å². The van der Waals surface area contributed by atoms with E-state index in [1.807, 2.05) is 0 Å². The molecule has 0 N–H and O–H groups in total. The Hall–Kier alpha value is -3.43. The van der Waals surface area contributed by atoms with Gasteiger partial charge in [0.1, 0.15) is 0 Å². The number of nitrogens with zero attached hydrogens (tertiary/aromatic N) is 2. The number of benzene rings is 2. The van der Waals surface area contributed by atoms with Gasteiger partial charge < -0.3 is 24.0 Å². The Kier molecular flexibility index (Phi) is 7.45. The second kappa shape index (κ2) is 10.3. The topological polar surface area (TPSA) is 68.3 Å². The second-order valence-corrected chi connectivity index (χ2v) is 7.02. The van der Waals surface area contributed by atoms with Gasteiger partial charge in [0.2, 0.25) is 0 Å². The quantitative estimate of drug-likeness (QED) is 0.602. The van der Waals surface area contributed by atoms with E-state index in [1.54, 1.807) is 35.2 Å². The number of piperazine rings is 1. The lowest BCUT2D eigenvalue weighted by Crippen LogP contribution is -2.50. The fraction of sp³-hybridized carbons (Fsp3) is 0.364. The van der Waals surface area contributed by atoms with Crippen molar-refractivity contribution in [3.8, 4) is 11.5 Å². The third kappa shape index (κ3) is 6.05. The van der Waals surface area contributed by atoms with Crippen molar-refractivity contribution in [2.75, 3.05) is 51.4 Å². The van der Waals surface area contributed by atoms with E-state index in [1.165, 1.54) is 18.1 Å². The maximum atomic E-state index is 12.9. The van der Waals surface area contributed by atoms with Crippen LogP contribution in [0.2, 0.25) is 0 Å². The summed E-state index contributed by atoms with van der Waals surface area (Å²) in [5.74, 6) is -0.231. The van der Waals surface area contributed by atoms with Crippen LogP contribution in [-0.4, -0.2) is 63.3 Å². The van der Waals surface area contributed by atoms with Crippen molar-refractivity contribution in [1.82, 2.24) is 4.90 Å². The van der Waals surface area contributed by atoms with Crippen LogP contribution in [-0.2, 0) is 20.5 Å². The van der Waals surface area contributed by atoms with E-state index in [2.05, 4.69) is 0 Å². The maximum absolute atomic E-state index is 12.9. The van der Waals surface area contributed by atoms with Crippen LogP contribution in [0.15, 0.2) is 48.5 Å².